The van der Waals surface area contributed by atoms with E-state index in [2.05, 4.69) is 51.1 Å². The Morgan fingerprint density at radius 3 is 2.35 bits per heavy atom. The molecule has 5 rings (SSSR count). The van der Waals surface area contributed by atoms with E-state index in [1.807, 2.05) is 48.5 Å². The number of rotatable bonds is 6. The molecule has 0 N–H and O–H groups in total. The lowest BCUT2D eigenvalue weighted by Crippen LogP contribution is -2.27. The van der Waals surface area contributed by atoms with Crippen LogP contribution in [0.5, 0.6) is 5.75 Å². The summed E-state index contributed by atoms with van der Waals surface area (Å²) in [7, 11) is 3.25. The van der Waals surface area contributed by atoms with Gasteiger partial charge in [-0.25, -0.2) is 9.37 Å². The van der Waals surface area contributed by atoms with Gasteiger partial charge in [0.25, 0.3) is 5.91 Å². The Balaban J connectivity index is 1.60. The van der Waals surface area contributed by atoms with Gasteiger partial charge < -0.3 is 9.64 Å². The van der Waals surface area contributed by atoms with Crippen LogP contribution in [0.1, 0.15) is 42.3 Å². The number of benzene rings is 4. The minimum absolute atomic E-state index is 0.0146. The summed E-state index contributed by atoms with van der Waals surface area (Å²) < 4.78 is 19.4. The fourth-order valence-corrected chi connectivity index (χ4v) is 5.01. The van der Waals surface area contributed by atoms with Crippen molar-refractivity contribution in [3.05, 3.63) is 120 Å². The summed E-state index contributed by atoms with van der Waals surface area (Å²) in [6.45, 7) is 6.81. The molecule has 40 heavy (non-hydrogen) atoms. The topological polar surface area (TPSA) is 42.4 Å². The Morgan fingerprint density at radius 1 is 0.875 bits per heavy atom. The maximum Gasteiger partial charge on any atom is 0.254 e. The molecular formula is C35H33FN2O2. The SMILES string of the molecule is COc1ccc(F)cc1CN(C)C(=O)c1cc(-c2ccccc2-c2cccc(C(C)(C)C)c2)nc2ccccc12. The number of nitrogens with zero attached hydrogens (tertiary/aromatic N) is 2. The Bertz CT molecular complexity index is 1700. The molecule has 0 saturated carbocycles. The van der Waals surface area contributed by atoms with Gasteiger partial charge in [-0.15, -0.1) is 0 Å². The zero-order valence-corrected chi connectivity index (χ0v) is 23.5. The van der Waals surface area contributed by atoms with E-state index in [-0.39, 0.29) is 23.7 Å². The van der Waals surface area contributed by atoms with Crippen molar-refractivity contribution in [2.45, 2.75) is 32.7 Å². The molecule has 5 heteroatoms. The molecule has 0 spiro atoms. The fourth-order valence-electron chi connectivity index (χ4n) is 5.01. The van der Waals surface area contributed by atoms with E-state index in [0.29, 0.717) is 16.9 Å². The van der Waals surface area contributed by atoms with Crippen molar-refractivity contribution < 1.29 is 13.9 Å². The van der Waals surface area contributed by atoms with E-state index in [1.54, 1.807) is 18.0 Å². The molecule has 0 atom stereocenters. The molecular weight excluding hydrogens is 499 g/mol. The van der Waals surface area contributed by atoms with Gasteiger partial charge in [0.15, 0.2) is 0 Å². The average Bonchev–Trinajstić information content (AvgIpc) is 2.96. The predicted molar refractivity (Wildman–Crippen MR) is 160 cm³/mol. The number of fused-ring (bicyclic) bond motifs is 1. The van der Waals surface area contributed by atoms with Gasteiger partial charge in [-0.2, -0.15) is 0 Å². The molecule has 0 unspecified atom stereocenters. The van der Waals surface area contributed by atoms with E-state index >= 15 is 0 Å². The van der Waals surface area contributed by atoms with Gasteiger partial charge in [0.2, 0.25) is 0 Å². The van der Waals surface area contributed by atoms with Gasteiger partial charge in [-0.3, -0.25) is 4.79 Å². The molecule has 5 aromatic rings. The van der Waals surface area contributed by atoms with Gasteiger partial charge in [0.05, 0.1) is 23.9 Å². The van der Waals surface area contributed by atoms with Crippen LogP contribution in [-0.2, 0) is 12.0 Å². The monoisotopic (exact) mass is 532 g/mol. The molecule has 4 nitrogen and oxygen atoms in total. The zero-order valence-electron chi connectivity index (χ0n) is 23.5. The molecule has 0 radical (unpaired) electrons. The Labute approximate surface area is 235 Å². The third kappa shape index (κ3) is 5.46. The van der Waals surface area contributed by atoms with Crippen molar-refractivity contribution >= 4 is 16.8 Å². The summed E-state index contributed by atoms with van der Waals surface area (Å²) in [5.41, 5.74) is 6.94. The number of hydrogen-bond acceptors (Lipinski definition) is 3. The molecule has 0 fully saturated rings. The largest absolute Gasteiger partial charge is 0.496 e. The van der Waals surface area contributed by atoms with Gasteiger partial charge >= 0.3 is 0 Å². The number of aromatic nitrogens is 1. The van der Waals surface area contributed by atoms with Crippen LogP contribution in [0.2, 0.25) is 0 Å². The van der Waals surface area contributed by atoms with Gasteiger partial charge in [0.1, 0.15) is 11.6 Å². The molecule has 0 aliphatic heterocycles. The molecule has 1 aromatic heterocycles. The van der Waals surface area contributed by atoms with Crippen LogP contribution in [0, 0.1) is 5.82 Å². The molecule has 0 bridgehead atoms. The Hall–Kier alpha value is -4.51. The molecule has 202 valence electrons. The van der Waals surface area contributed by atoms with Crippen molar-refractivity contribution in [2.24, 2.45) is 0 Å². The predicted octanol–water partition coefficient (Wildman–Crippen LogP) is 8.29. The van der Waals surface area contributed by atoms with Gasteiger partial charge in [-0.1, -0.05) is 87.5 Å². The van der Waals surface area contributed by atoms with Gasteiger partial charge in [0, 0.05) is 30.1 Å². The first kappa shape index (κ1) is 27.1. The summed E-state index contributed by atoms with van der Waals surface area (Å²) in [4.78, 5) is 20.5. The minimum Gasteiger partial charge on any atom is -0.496 e. The molecule has 0 aliphatic rings. The third-order valence-electron chi connectivity index (χ3n) is 7.19. The number of ether oxygens (including phenoxy) is 1. The number of halogens is 1. The first-order valence-electron chi connectivity index (χ1n) is 13.3. The van der Waals surface area contributed by atoms with E-state index in [0.717, 1.165) is 33.3 Å². The second kappa shape index (κ2) is 10.9. The summed E-state index contributed by atoms with van der Waals surface area (Å²) in [5, 5.41) is 0.765. The second-order valence-electron chi connectivity index (χ2n) is 11.1. The van der Waals surface area contributed by atoms with Crippen LogP contribution in [0.25, 0.3) is 33.3 Å². The van der Waals surface area contributed by atoms with Crippen molar-refractivity contribution in [3.8, 4) is 28.1 Å². The van der Waals surface area contributed by atoms with E-state index in [4.69, 9.17) is 9.72 Å². The number of carbonyl (C=O) groups excluding carboxylic acids is 1. The molecule has 1 heterocycles. The maximum atomic E-state index is 14.0. The summed E-state index contributed by atoms with van der Waals surface area (Å²) in [6.07, 6.45) is 0. The normalized spacial score (nSPS) is 11.4. The Kier molecular flexibility index (Phi) is 7.40. The van der Waals surface area contributed by atoms with Crippen LogP contribution < -0.4 is 4.74 Å². The smallest absolute Gasteiger partial charge is 0.254 e. The van der Waals surface area contributed by atoms with E-state index in [9.17, 15) is 9.18 Å². The number of methoxy groups -OCH3 is 1. The first-order valence-corrected chi connectivity index (χ1v) is 13.3. The minimum atomic E-state index is -0.375. The molecule has 1 amide bonds. The number of pyridine rings is 1. The van der Waals surface area contributed by atoms with Crippen LogP contribution in [0.4, 0.5) is 4.39 Å². The highest BCUT2D eigenvalue weighted by Gasteiger charge is 2.21. The van der Waals surface area contributed by atoms with Crippen molar-refractivity contribution in [1.29, 1.82) is 0 Å². The fraction of sp³-hybridized carbons (Fsp3) is 0.200. The molecule has 0 saturated heterocycles. The summed E-state index contributed by atoms with van der Waals surface area (Å²) in [5.74, 6) is -0.0217. The third-order valence-corrected chi connectivity index (χ3v) is 7.19. The standard InChI is InChI=1S/C35H33FN2O2/c1-35(2,3)25-12-10-11-23(19-25)27-13-6-7-14-28(27)32-21-30(29-15-8-9-16-31(29)37-32)34(39)38(4)22-24-20-26(36)17-18-33(24)40-5/h6-21H,22H2,1-5H3. The Morgan fingerprint density at radius 2 is 1.60 bits per heavy atom. The van der Waals surface area contributed by atoms with Crippen LogP contribution in [0.15, 0.2) is 97.1 Å². The zero-order chi connectivity index (χ0) is 28.4. The number of amides is 1. The summed E-state index contributed by atoms with van der Waals surface area (Å²) >= 11 is 0. The van der Waals surface area contributed by atoms with E-state index < -0.39 is 0 Å². The van der Waals surface area contributed by atoms with Crippen LogP contribution in [-0.4, -0.2) is 29.9 Å². The highest BCUT2D eigenvalue weighted by Crippen LogP contribution is 2.35. The lowest BCUT2D eigenvalue weighted by molar-refractivity contribution is 0.0786. The molecule has 0 aliphatic carbocycles. The first-order chi connectivity index (χ1) is 19.2. The highest BCUT2D eigenvalue weighted by atomic mass is 19.1. The number of para-hydroxylation sites is 1. The average molecular weight is 533 g/mol. The summed E-state index contributed by atoms with van der Waals surface area (Å²) in [6, 6.07) is 30.6. The van der Waals surface area contributed by atoms with Crippen molar-refractivity contribution in [2.75, 3.05) is 14.2 Å². The lowest BCUT2D eigenvalue weighted by atomic mass is 9.85. The number of hydrogen-bond donors (Lipinski definition) is 0. The van der Waals surface area contributed by atoms with Crippen molar-refractivity contribution in [1.82, 2.24) is 9.88 Å². The van der Waals surface area contributed by atoms with Gasteiger partial charge in [-0.05, 0) is 52.4 Å². The number of carbonyl (C=O) groups is 1. The van der Waals surface area contributed by atoms with Crippen molar-refractivity contribution in [3.63, 3.8) is 0 Å². The van der Waals surface area contributed by atoms with Crippen LogP contribution >= 0.6 is 0 Å². The highest BCUT2D eigenvalue weighted by molar-refractivity contribution is 6.07. The molecule has 4 aromatic carbocycles. The maximum absolute atomic E-state index is 14.0. The lowest BCUT2D eigenvalue weighted by Gasteiger charge is -2.21. The quantitative estimate of drug-likeness (QED) is 0.221. The van der Waals surface area contributed by atoms with Crippen LogP contribution in [0.3, 0.4) is 0 Å². The van der Waals surface area contributed by atoms with E-state index in [1.165, 1.54) is 24.8 Å². The second-order valence-corrected chi connectivity index (χ2v) is 11.1.